The van der Waals surface area contributed by atoms with Gasteiger partial charge in [0, 0.05) is 4.90 Å². The van der Waals surface area contributed by atoms with Crippen molar-refractivity contribution in [3.8, 4) is 0 Å². The maximum atomic E-state index is 12.5. The lowest BCUT2D eigenvalue weighted by Gasteiger charge is -2.24. The van der Waals surface area contributed by atoms with Crippen LogP contribution in [-0.4, -0.2) is 43.1 Å². The molecule has 28 heavy (non-hydrogen) atoms. The van der Waals surface area contributed by atoms with Gasteiger partial charge in [0.25, 0.3) is 0 Å². The summed E-state index contributed by atoms with van der Waals surface area (Å²) in [6, 6.07) is 17.6. The molecule has 150 valence electrons. The van der Waals surface area contributed by atoms with Crippen LogP contribution >= 0.6 is 11.8 Å². The number of hydrogen-bond donors (Lipinski definition) is 2. The molecule has 2 aromatic rings. The van der Waals surface area contributed by atoms with Gasteiger partial charge in [0.1, 0.15) is 0 Å². The van der Waals surface area contributed by atoms with E-state index in [-0.39, 0.29) is 36.9 Å². The lowest BCUT2D eigenvalue weighted by molar-refractivity contribution is -0.123. The number of rotatable bonds is 9. The van der Waals surface area contributed by atoms with Crippen molar-refractivity contribution in [1.29, 1.82) is 0 Å². The summed E-state index contributed by atoms with van der Waals surface area (Å²) in [7, 11) is 1.77. The molecule has 1 atom stereocenters. The Morgan fingerprint density at radius 3 is 2.21 bits per heavy atom. The molecule has 0 saturated heterocycles. The minimum atomic E-state index is -0.139. The topological polar surface area (TPSA) is 61.4 Å². The van der Waals surface area contributed by atoms with Gasteiger partial charge in [-0.1, -0.05) is 56.3 Å². The predicted octanol–water partition coefficient (Wildman–Crippen LogP) is 3.79. The molecule has 0 fully saturated rings. The lowest BCUT2D eigenvalue weighted by Crippen LogP contribution is -2.41. The van der Waals surface area contributed by atoms with E-state index in [1.54, 1.807) is 23.7 Å². The first-order valence-corrected chi connectivity index (χ1v) is 10.6. The van der Waals surface area contributed by atoms with Crippen molar-refractivity contribution in [3.63, 3.8) is 0 Å². The first-order valence-electron chi connectivity index (χ1n) is 9.36. The molecule has 2 N–H and O–H groups in total. The minimum absolute atomic E-state index is 0.0515. The van der Waals surface area contributed by atoms with Crippen LogP contribution in [0.15, 0.2) is 59.5 Å². The van der Waals surface area contributed by atoms with Crippen LogP contribution in [0.3, 0.4) is 0 Å². The van der Waals surface area contributed by atoms with Crippen molar-refractivity contribution < 1.29 is 9.59 Å². The van der Waals surface area contributed by atoms with E-state index in [1.165, 1.54) is 0 Å². The van der Waals surface area contributed by atoms with Crippen LogP contribution in [0.25, 0.3) is 0 Å². The van der Waals surface area contributed by atoms with Crippen molar-refractivity contribution in [2.24, 2.45) is 5.92 Å². The van der Waals surface area contributed by atoms with Gasteiger partial charge in [0.05, 0.1) is 24.8 Å². The van der Waals surface area contributed by atoms with Crippen LogP contribution in [-0.2, 0) is 9.59 Å². The molecule has 0 spiro atoms. The first-order chi connectivity index (χ1) is 13.4. The second-order valence-electron chi connectivity index (χ2n) is 7.12. The summed E-state index contributed by atoms with van der Waals surface area (Å²) < 4.78 is 0. The average Bonchev–Trinajstić information content (AvgIpc) is 2.66. The predicted molar refractivity (Wildman–Crippen MR) is 117 cm³/mol. The van der Waals surface area contributed by atoms with Gasteiger partial charge >= 0.3 is 0 Å². The normalized spacial score (nSPS) is 12.1. The number of nitrogens with one attached hydrogen (secondary N) is 2. The van der Waals surface area contributed by atoms with E-state index in [2.05, 4.69) is 24.5 Å². The van der Waals surface area contributed by atoms with Gasteiger partial charge in [-0.15, -0.1) is 11.8 Å². The van der Waals surface area contributed by atoms with Gasteiger partial charge in [0.2, 0.25) is 11.8 Å². The highest BCUT2D eigenvalue weighted by molar-refractivity contribution is 7.98. The highest BCUT2D eigenvalue weighted by Gasteiger charge is 2.19. The number of anilines is 1. The first kappa shape index (κ1) is 22.0. The maximum absolute atomic E-state index is 12.5. The number of amides is 2. The molecule has 2 aromatic carbocycles. The Kier molecular flexibility index (Phi) is 8.54. The number of thioether (sulfide) groups is 1. The smallest absolute Gasteiger partial charge is 0.238 e. The zero-order chi connectivity index (χ0) is 20.5. The van der Waals surface area contributed by atoms with Gasteiger partial charge in [-0.2, -0.15) is 0 Å². The Hall–Kier alpha value is -2.31. The summed E-state index contributed by atoms with van der Waals surface area (Å²) in [4.78, 5) is 27.6. The molecule has 0 radical (unpaired) electrons. The number of hydrogen-bond acceptors (Lipinski definition) is 4. The van der Waals surface area contributed by atoms with Gasteiger partial charge in [-0.05, 0) is 36.9 Å². The van der Waals surface area contributed by atoms with Crippen LogP contribution in [0.4, 0.5) is 5.69 Å². The van der Waals surface area contributed by atoms with E-state index >= 15 is 0 Å². The summed E-state index contributed by atoms with van der Waals surface area (Å²) in [5, 5.41) is 6.01. The Bertz CT molecular complexity index is 780. The summed E-state index contributed by atoms with van der Waals surface area (Å²) in [5.41, 5.74) is 1.88. The van der Waals surface area contributed by atoms with Crippen molar-refractivity contribution in [2.75, 3.05) is 31.7 Å². The molecule has 0 heterocycles. The number of likely N-dealkylation sites (N-methyl/N-ethyl adjacent to an activating group) is 1. The second kappa shape index (κ2) is 10.9. The Labute approximate surface area is 171 Å². The third kappa shape index (κ3) is 6.69. The van der Waals surface area contributed by atoms with Crippen LogP contribution in [0.5, 0.6) is 0 Å². The molecule has 0 aromatic heterocycles. The molecule has 0 saturated carbocycles. The molecule has 0 aliphatic rings. The molecule has 2 amide bonds. The zero-order valence-corrected chi connectivity index (χ0v) is 17.8. The fraction of sp³-hybridized carbons (Fsp3) is 0.364. The highest BCUT2D eigenvalue weighted by atomic mass is 32.2. The molecule has 1 unspecified atom stereocenters. The third-order valence-electron chi connectivity index (χ3n) is 4.35. The average molecular weight is 400 g/mol. The van der Waals surface area contributed by atoms with E-state index in [1.807, 2.05) is 60.9 Å². The van der Waals surface area contributed by atoms with Crippen LogP contribution in [0.1, 0.15) is 25.5 Å². The fourth-order valence-corrected chi connectivity index (χ4v) is 3.55. The molecular formula is C22H29N3O2S. The quantitative estimate of drug-likeness (QED) is 0.630. The number of carbonyl (C=O) groups excluding carboxylic acids is 2. The standard InChI is InChI=1S/C22H29N3O2S/c1-16(2)22(17-10-6-5-7-11-17)24-21(27)15-25(3)14-20(26)23-18-12-8-9-13-19(18)28-4/h5-13,16,22H,14-15H2,1-4H3,(H,23,26)(H,24,27). The van der Waals surface area contributed by atoms with Crippen LogP contribution < -0.4 is 10.6 Å². The van der Waals surface area contributed by atoms with Crippen molar-refractivity contribution in [2.45, 2.75) is 24.8 Å². The van der Waals surface area contributed by atoms with E-state index in [0.717, 1.165) is 16.1 Å². The van der Waals surface area contributed by atoms with E-state index < -0.39 is 0 Å². The summed E-state index contributed by atoms with van der Waals surface area (Å²) in [6.07, 6.45) is 1.97. The molecule has 6 heteroatoms. The third-order valence-corrected chi connectivity index (χ3v) is 5.15. The molecule has 0 bridgehead atoms. The molecule has 0 aliphatic carbocycles. The molecular weight excluding hydrogens is 370 g/mol. The number of carbonyl (C=O) groups is 2. The number of benzene rings is 2. The Balaban J connectivity index is 1.88. The zero-order valence-electron chi connectivity index (χ0n) is 16.9. The fourth-order valence-electron chi connectivity index (χ4n) is 3.00. The van der Waals surface area contributed by atoms with Crippen molar-refractivity contribution >= 4 is 29.3 Å². The largest absolute Gasteiger partial charge is 0.348 e. The van der Waals surface area contributed by atoms with E-state index in [4.69, 9.17) is 0 Å². The second-order valence-corrected chi connectivity index (χ2v) is 7.97. The minimum Gasteiger partial charge on any atom is -0.348 e. The van der Waals surface area contributed by atoms with Gasteiger partial charge < -0.3 is 10.6 Å². The molecule has 0 aliphatic heterocycles. The van der Waals surface area contributed by atoms with Gasteiger partial charge in [-0.3, -0.25) is 14.5 Å². The Morgan fingerprint density at radius 2 is 1.57 bits per heavy atom. The van der Waals surface area contributed by atoms with Crippen LogP contribution in [0, 0.1) is 5.92 Å². The summed E-state index contributed by atoms with van der Waals surface area (Å²) >= 11 is 1.58. The van der Waals surface area contributed by atoms with Gasteiger partial charge in [0.15, 0.2) is 0 Å². The Morgan fingerprint density at radius 1 is 0.964 bits per heavy atom. The lowest BCUT2D eigenvalue weighted by atomic mass is 9.96. The SMILES string of the molecule is CSc1ccccc1NC(=O)CN(C)CC(=O)NC(c1ccccc1)C(C)C. The maximum Gasteiger partial charge on any atom is 0.238 e. The summed E-state index contributed by atoms with van der Waals surface area (Å²) in [5.74, 6) is 0.0330. The molecule has 2 rings (SSSR count). The number of nitrogens with zero attached hydrogens (tertiary/aromatic N) is 1. The monoisotopic (exact) mass is 399 g/mol. The van der Waals surface area contributed by atoms with Crippen LogP contribution in [0.2, 0.25) is 0 Å². The molecule has 5 nitrogen and oxygen atoms in total. The highest BCUT2D eigenvalue weighted by Crippen LogP contribution is 2.24. The number of para-hydroxylation sites is 1. The summed E-state index contributed by atoms with van der Waals surface area (Å²) in [6.45, 7) is 4.47. The van der Waals surface area contributed by atoms with Gasteiger partial charge in [-0.25, -0.2) is 0 Å². The van der Waals surface area contributed by atoms with Crippen molar-refractivity contribution in [3.05, 3.63) is 60.2 Å². The van der Waals surface area contributed by atoms with Crippen molar-refractivity contribution in [1.82, 2.24) is 10.2 Å². The van der Waals surface area contributed by atoms with E-state index in [0.29, 0.717) is 0 Å². The van der Waals surface area contributed by atoms with E-state index in [9.17, 15) is 9.59 Å².